The van der Waals surface area contributed by atoms with Crippen LogP contribution in [0.3, 0.4) is 0 Å². The maximum Gasteiger partial charge on any atom is 0.0912 e. The molecule has 66 valence electrons. The molecule has 0 radical (unpaired) electrons. The molecule has 0 atom stereocenters. The molecule has 0 saturated heterocycles. The number of hydrogen-bond acceptors (Lipinski definition) is 1. The first kappa shape index (κ1) is 8.52. The van der Waals surface area contributed by atoms with Crippen molar-refractivity contribution >= 4 is 16.8 Å². The smallest absolute Gasteiger partial charge is 0.0912 e. The van der Waals surface area contributed by atoms with E-state index in [2.05, 4.69) is 24.3 Å². The zero-order valence-electron chi connectivity index (χ0n) is 7.64. The normalized spacial score (nSPS) is 10.5. The van der Waals surface area contributed by atoms with Crippen molar-refractivity contribution in [2.24, 2.45) is 0 Å². The van der Waals surface area contributed by atoms with E-state index < -0.39 is 0 Å². The summed E-state index contributed by atoms with van der Waals surface area (Å²) < 4.78 is 0. The number of allylic oxidation sites excluding steroid dienone is 1. The molecule has 0 bridgehead atoms. The Hall–Kier alpha value is -2.07. The van der Waals surface area contributed by atoms with Crippen LogP contribution in [0.1, 0.15) is 5.56 Å². The molecular weight excluding hydrogens is 170 g/mol. The average Bonchev–Trinajstić information content (AvgIpc) is 2.26. The van der Waals surface area contributed by atoms with Gasteiger partial charge in [0.1, 0.15) is 0 Å². The van der Waals surface area contributed by atoms with Crippen LogP contribution in [0.5, 0.6) is 0 Å². The van der Waals surface area contributed by atoms with Crippen LogP contribution in [0.2, 0.25) is 0 Å². The number of rotatable bonds is 1. The van der Waals surface area contributed by atoms with E-state index in [4.69, 9.17) is 5.26 Å². The summed E-state index contributed by atoms with van der Waals surface area (Å²) in [6, 6.07) is 16.3. The molecule has 0 heterocycles. The summed E-state index contributed by atoms with van der Waals surface area (Å²) in [5, 5.41) is 10.8. The minimum atomic E-state index is 1.06. The van der Waals surface area contributed by atoms with Gasteiger partial charge in [-0.15, -0.1) is 0 Å². The minimum Gasteiger partial charge on any atom is -0.193 e. The van der Waals surface area contributed by atoms with Gasteiger partial charge in [0.2, 0.25) is 0 Å². The van der Waals surface area contributed by atoms with Crippen LogP contribution < -0.4 is 0 Å². The monoisotopic (exact) mass is 179 g/mol. The summed E-state index contributed by atoms with van der Waals surface area (Å²) in [5.41, 5.74) is 1.06. The molecule has 0 fully saturated rings. The van der Waals surface area contributed by atoms with Crippen molar-refractivity contribution < 1.29 is 0 Å². The van der Waals surface area contributed by atoms with Crippen molar-refractivity contribution in [2.45, 2.75) is 0 Å². The number of fused-ring (bicyclic) bond motifs is 1. The Morgan fingerprint density at radius 2 is 1.79 bits per heavy atom. The molecule has 0 aliphatic carbocycles. The first-order chi connectivity index (χ1) is 6.90. The van der Waals surface area contributed by atoms with Gasteiger partial charge in [-0.3, -0.25) is 0 Å². The van der Waals surface area contributed by atoms with Crippen LogP contribution in [0.15, 0.2) is 48.5 Å². The Labute approximate surface area is 82.9 Å². The topological polar surface area (TPSA) is 23.8 Å². The lowest BCUT2D eigenvalue weighted by atomic mass is 10.1. The van der Waals surface area contributed by atoms with Gasteiger partial charge < -0.3 is 0 Å². The summed E-state index contributed by atoms with van der Waals surface area (Å²) in [5.74, 6) is 0. The van der Waals surface area contributed by atoms with Crippen molar-refractivity contribution in [3.63, 3.8) is 0 Å². The van der Waals surface area contributed by atoms with Gasteiger partial charge in [-0.25, -0.2) is 0 Å². The highest BCUT2D eigenvalue weighted by atomic mass is 14.2. The van der Waals surface area contributed by atoms with Crippen LogP contribution in [-0.4, -0.2) is 0 Å². The third-order valence-electron chi connectivity index (χ3n) is 2.12. The third kappa shape index (κ3) is 1.65. The Morgan fingerprint density at radius 3 is 2.57 bits per heavy atom. The standard InChI is InChI=1S/C13H9N/c14-9-3-4-11-7-8-12-5-1-2-6-13(12)10-11/h1-8,10H/b4-3+. The van der Waals surface area contributed by atoms with Crippen LogP contribution in [0, 0.1) is 11.3 Å². The number of hydrogen-bond donors (Lipinski definition) is 0. The van der Waals surface area contributed by atoms with Gasteiger partial charge in [-0.05, 0) is 28.5 Å². The first-order valence-electron chi connectivity index (χ1n) is 4.45. The molecule has 1 nitrogen and oxygen atoms in total. The third-order valence-corrected chi connectivity index (χ3v) is 2.12. The molecule has 0 unspecified atom stereocenters. The quantitative estimate of drug-likeness (QED) is 0.615. The Morgan fingerprint density at radius 1 is 1.00 bits per heavy atom. The van der Waals surface area contributed by atoms with Crippen LogP contribution in [-0.2, 0) is 0 Å². The fourth-order valence-corrected chi connectivity index (χ4v) is 1.44. The number of nitriles is 1. The van der Waals surface area contributed by atoms with Gasteiger partial charge in [0.05, 0.1) is 6.07 Å². The molecule has 0 spiro atoms. The van der Waals surface area contributed by atoms with E-state index in [1.165, 1.54) is 16.8 Å². The molecule has 2 aromatic rings. The molecule has 0 aliphatic heterocycles. The first-order valence-corrected chi connectivity index (χ1v) is 4.45. The maximum absolute atomic E-state index is 8.40. The van der Waals surface area contributed by atoms with Crippen molar-refractivity contribution in [3.05, 3.63) is 54.1 Å². The Bertz CT molecular complexity index is 518. The summed E-state index contributed by atoms with van der Waals surface area (Å²) in [6.45, 7) is 0. The van der Waals surface area contributed by atoms with Gasteiger partial charge in [0.15, 0.2) is 0 Å². The Balaban J connectivity index is 2.52. The molecule has 1 heteroatoms. The van der Waals surface area contributed by atoms with Crippen molar-refractivity contribution in [3.8, 4) is 6.07 Å². The SMILES string of the molecule is N#C/C=C/c1ccc2ccccc2c1. The predicted molar refractivity (Wildman–Crippen MR) is 58.6 cm³/mol. The number of nitrogens with zero attached hydrogens (tertiary/aromatic N) is 1. The molecule has 0 N–H and O–H groups in total. The van der Waals surface area contributed by atoms with Gasteiger partial charge >= 0.3 is 0 Å². The summed E-state index contributed by atoms with van der Waals surface area (Å²) >= 11 is 0. The Kier molecular flexibility index (Phi) is 2.29. The predicted octanol–water partition coefficient (Wildman–Crippen LogP) is 3.38. The second-order valence-corrected chi connectivity index (χ2v) is 3.07. The summed E-state index contributed by atoms with van der Waals surface area (Å²) in [4.78, 5) is 0. The fourth-order valence-electron chi connectivity index (χ4n) is 1.44. The molecule has 0 aromatic heterocycles. The number of benzene rings is 2. The molecule has 2 rings (SSSR count). The molecule has 2 aromatic carbocycles. The van der Waals surface area contributed by atoms with Gasteiger partial charge in [-0.2, -0.15) is 5.26 Å². The van der Waals surface area contributed by atoms with E-state index in [0.717, 1.165) is 5.56 Å². The van der Waals surface area contributed by atoms with Crippen LogP contribution in [0.25, 0.3) is 16.8 Å². The lowest BCUT2D eigenvalue weighted by Crippen LogP contribution is -1.74. The van der Waals surface area contributed by atoms with Gasteiger partial charge in [0, 0.05) is 6.08 Å². The maximum atomic E-state index is 8.40. The zero-order valence-corrected chi connectivity index (χ0v) is 7.64. The van der Waals surface area contributed by atoms with E-state index in [1.54, 1.807) is 0 Å². The highest BCUT2D eigenvalue weighted by Crippen LogP contribution is 2.16. The highest BCUT2D eigenvalue weighted by Gasteiger charge is 1.91. The molecule has 0 amide bonds. The van der Waals surface area contributed by atoms with Crippen molar-refractivity contribution in [1.29, 1.82) is 5.26 Å². The van der Waals surface area contributed by atoms with E-state index >= 15 is 0 Å². The minimum absolute atomic E-state index is 1.06. The van der Waals surface area contributed by atoms with E-state index in [9.17, 15) is 0 Å². The molecule has 0 saturated carbocycles. The lowest BCUT2D eigenvalue weighted by molar-refractivity contribution is 1.54. The van der Waals surface area contributed by atoms with E-state index in [0.29, 0.717) is 0 Å². The largest absolute Gasteiger partial charge is 0.193 e. The summed E-state index contributed by atoms with van der Waals surface area (Å²) in [6.07, 6.45) is 3.30. The average molecular weight is 179 g/mol. The molecular formula is C13H9N. The van der Waals surface area contributed by atoms with Crippen LogP contribution in [0.4, 0.5) is 0 Å². The lowest BCUT2D eigenvalue weighted by Gasteiger charge is -1.97. The van der Waals surface area contributed by atoms with Crippen LogP contribution >= 0.6 is 0 Å². The van der Waals surface area contributed by atoms with Gasteiger partial charge in [0.25, 0.3) is 0 Å². The highest BCUT2D eigenvalue weighted by molar-refractivity contribution is 5.84. The van der Waals surface area contributed by atoms with Gasteiger partial charge in [-0.1, -0.05) is 36.4 Å². The summed E-state index contributed by atoms with van der Waals surface area (Å²) in [7, 11) is 0. The second-order valence-electron chi connectivity index (χ2n) is 3.07. The fraction of sp³-hybridized carbons (Fsp3) is 0. The van der Waals surface area contributed by atoms with E-state index in [1.807, 2.05) is 30.3 Å². The van der Waals surface area contributed by atoms with E-state index in [-0.39, 0.29) is 0 Å². The van der Waals surface area contributed by atoms with Crippen molar-refractivity contribution in [1.82, 2.24) is 0 Å². The second kappa shape index (κ2) is 3.76. The van der Waals surface area contributed by atoms with Crippen molar-refractivity contribution in [2.75, 3.05) is 0 Å². The molecule has 0 aliphatic rings. The molecule has 14 heavy (non-hydrogen) atoms. The zero-order chi connectivity index (χ0) is 9.80.